The van der Waals surface area contributed by atoms with Crippen LogP contribution in [0.5, 0.6) is 0 Å². The number of fused-ring (bicyclic) bond motifs is 1. The third-order valence-corrected chi connectivity index (χ3v) is 3.58. The molecule has 0 aliphatic carbocycles. The Bertz CT molecular complexity index is 481. The second-order valence-corrected chi connectivity index (χ2v) is 4.46. The van der Waals surface area contributed by atoms with Gasteiger partial charge in [0.25, 0.3) is 0 Å². The SMILES string of the molecule is Cc1ccc2c(c1Br)C(=O)OC(C(=O)O)C2. The number of hydrogen-bond donors (Lipinski definition) is 1. The molecule has 0 aromatic heterocycles. The van der Waals surface area contributed by atoms with Crippen molar-refractivity contribution in [3.63, 3.8) is 0 Å². The molecule has 1 unspecified atom stereocenters. The first kappa shape index (κ1) is 11.1. The van der Waals surface area contributed by atoms with Gasteiger partial charge in [-0.2, -0.15) is 0 Å². The molecule has 2 rings (SSSR count). The van der Waals surface area contributed by atoms with Crippen molar-refractivity contribution < 1.29 is 19.4 Å². The van der Waals surface area contributed by atoms with Crippen LogP contribution in [0, 0.1) is 6.92 Å². The van der Waals surface area contributed by atoms with Crippen LogP contribution in [0.3, 0.4) is 0 Å². The second kappa shape index (κ2) is 3.90. The lowest BCUT2D eigenvalue weighted by Gasteiger charge is -2.23. The molecule has 1 heterocycles. The summed E-state index contributed by atoms with van der Waals surface area (Å²) in [5, 5.41) is 8.82. The van der Waals surface area contributed by atoms with Gasteiger partial charge in [0.1, 0.15) is 0 Å². The third kappa shape index (κ3) is 1.71. The molecule has 0 bridgehead atoms. The van der Waals surface area contributed by atoms with Crippen molar-refractivity contribution in [2.24, 2.45) is 0 Å². The van der Waals surface area contributed by atoms with Crippen molar-refractivity contribution in [3.8, 4) is 0 Å². The van der Waals surface area contributed by atoms with Crippen LogP contribution < -0.4 is 0 Å². The van der Waals surface area contributed by atoms with Crippen molar-refractivity contribution in [3.05, 3.63) is 33.3 Å². The van der Waals surface area contributed by atoms with Gasteiger partial charge in [-0.05, 0) is 34.0 Å². The zero-order valence-corrected chi connectivity index (χ0v) is 10.1. The van der Waals surface area contributed by atoms with Gasteiger partial charge in [0, 0.05) is 10.9 Å². The molecule has 1 aromatic rings. The molecule has 5 heteroatoms. The number of carbonyl (C=O) groups excluding carboxylic acids is 1. The number of aliphatic carboxylic acids is 1. The molecule has 0 radical (unpaired) electrons. The Kier molecular flexibility index (Phi) is 2.71. The minimum atomic E-state index is -1.12. The fraction of sp³-hybridized carbons (Fsp3) is 0.273. The molecule has 0 spiro atoms. The maximum Gasteiger partial charge on any atom is 0.345 e. The van der Waals surface area contributed by atoms with Gasteiger partial charge in [0.05, 0.1) is 5.56 Å². The van der Waals surface area contributed by atoms with Crippen molar-refractivity contribution in [1.82, 2.24) is 0 Å². The van der Waals surface area contributed by atoms with Crippen molar-refractivity contribution in [2.75, 3.05) is 0 Å². The number of rotatable bonds is 1. The van der Waals surface area contributed by atoms with Gasteiger partial charge < -0.3 is 9.84 Å². The molecule has 0 saturated heterocycles. The van der Waals surface area contributed by atoms with Crippen molar-refractivity contribution in [1.29, 1.82) is 0 Å². The summed E-state index contributed by atoms with van der Waals surface area (Å²) in [4.78, 5) is 22.4. The lowest BCUT2D eigenvalue weighted by molar-refractivity contribution is -0.147. The number of hydrogen-bond acceptors (Lipinski definition) is 3. The van der Waals surface area contributed by atoms with Gasteiger partial charge in [-0.15, -0.1) is 0 Å². The van der Waals surface area contributed by atoms with Gasteiger partial charge in [0.2, 0.25) is 6.10 Å². The summed E-state index contributed by atoms with van der Waals surface area (Å²) in [5.41, 5.74) is 2.07. The molecule has 1 aliphatic rings. The van der Waals surface area contributed by atoms with Gasteiger partial charge in [-0.3, -0.25) is 0 Å². The van der Waals surface area contributed by atoms with Crippen LogP contribution >= 0.6 is 15.9 Å². The fourth-order valence-corrected chi connectivity index (χ4v) is 2.23. The minimum Gasteiger partial charge on any atom is -0.478 e. The minimum absolute atomic E-state index is 0.218. The fourth-order valence-electron chi connectivity index (χ4n) is 1.68. The molecule has 84 valence electrons. The maximum atomic E-state index is 11.7. The van der Waals surface area contributed by atoms with E-state index in [-0.39, 0.29) is 6.42 Å². The standard InChI is InChI=1S/C11H9BrO4/c1-5-2-3-6-4-7(10(13)14)16-11(15)8(6)9(5)12/h2-3,7H,4H2,1H3,(H,13,14). The molecular weight excluding hydrogens is 276 g/mol. The number of esters is 1. The highest BCUT2D eigenvalue weighted by atomic mass is 79.9. The summed E-state index contributed by atoms with van der Waals surface area (Å²) in [6.45, 7) is 1.86. The molecule has 4 nitrogen and oxygen atoms in total. The van der Waals surface area contributed by atoms with E-state index in [0.29, 0.717) is 15.6 Å². The first-order valence-electron chi connectivity index (χ1n) is 4.72. The Labute approximate surface area is 100 Å². The second-order valence-electron chi connectivity index (χ2n) is 3.67. The molecule has 16 heavy (non-hydrogen) atoms. The Hall–Kier alpha value is -1.36. The third-order valence-electron chi connectivity index (χ3n) is 2.56. The summed E-state index contributed by atoms with van der Waals surface area (Å²) in [5.74, 6) is -1.69. The normalized spacial score (nSPS) is 18.9. The van der Waals surface area contributed by atoms with E-state index in [1.54, 1.807) is 6.07 Å². The quantitative estimate of drug-likeness (QED) is 0.801. The molecule has 0 amide bonds. The summed E-state index contributed by atoms with van der Waals surface area (Å²) in [7, 11) is 0. The summed E-state index contributed by atoms with van der Waals surface area (Å²) in [6, 6.07) is 3.62. The van der Waals surface area contributed by atoms with Crippen LogP contribution in [0.25, 0.3) is 0 Å². The van der Waals surface area contributed by atoms with Gasteiger partial charge in [-0.1, -0.05) is 12.1 Å². The molecule has 1 atom stereocenters. The average molecular weight is 285 g/mol. The van der Waals surface area contributed by atoms with E-state index in [4.69, 9.17) is 9.84 Å². The Morgan fingerprint density at radius 1 is 1.56 bits per heavy atom. The molecule has 1 N–H and O–H groups in total. The highest BCUT2D eigenvalue weighted by Crippen LogP contribution is 2.30. The summed E-state index contributed by atoms with van der Waals surface area (Å²) in [6.07, 6.45) is -0.857. The van der Waals surface area contributed by atoms with E-state index in [0.717, 1.165) is 5.56 Å². The number of carbonyl (C=O) groups is 2. The maximum absolute atomic E-state index is 11.7. The predicted molar refractivity (Wildman–Crippen MR) is 59.4 cm³/mol. The number of benzene rings is 1. The van der Waals surface area contributed by atoms with E-state index in [2.05, 4.69) is 15.9 Å². The van der Waals surface area contributed by atoms with E-state index >= 15 is 0 Å². The number of halogens is 1. The molecule has 0 saturated carbocycles. The Morgan fingerprint density at radius 3 is 2.88 bits per heavy atom. The van der Waals surface area contributed by atoms with Crippen molar-refractivity contribution >= 4 is 27.9 Å². The van der Waals surface area contributed by atoms with Gasteiger partial charge in [-0.25, -0.2) is 9.59 Å². The van der Waals surface area contributed by atoms with Crippen LogP contribution in [0.2, 0.25) is 0 Å². The van der Waals surface area contributed by atoms with E-state index < -0.39 is 18.0 Å². The Balaban J connectivity index is 2.50. The zero-order valence-electron chi connectivity index (χ0n) is 8.49. The highest BCUT2D eigenvalue weighted by molar-refractivity contribution is 9.10. The predicted octanol–water partition coefficient (Wildman–Crippen LogP) is 1.92. The topological polar surface area (TPSA) is 63.6 Å². The first-order chi connectivity index (χ1) is 7.50. The Morgan fingerprint density at radius 2 is 2.25 bits per heavy atom. The van der Waals surface area contributed by atoms with Crippen LogP contribution in [0.15, 0.2) is 16.6 Å². The largest absolute Gasteiger partial charge is 0.478 e. The van der Waals surface area contributed by atoms with Crippen LogP contribution in [-0.4, -0.2) is 23.1 Å². The van der Waals surface area contributed by atoms with E-state index in [1.807, 2.05) is 13.0 Å². The highest BCUT2D eigenvalue weighted by Gasteiger charge is 2.32. The first-order valence-corrected chi connectivity index (χ1v) is 5.51. The number of aryl methyl sites for hydroxylation is 1. The van der Waals surface area contributed by atoms with E-state index in [1.165, 1.54) is 0 Å². The lowest BCUT2D eigenvalue weighted by Crippen LogP contribution is -2.34. The zero-order chi connectivity index (χ0) is 11.9. The smallest absolute Gasteiger partial charge is 0.345 e. The molecular formula is C11H9BrO4. The lowest BCUT2D eigenvalue weighted by atomic mass is 9.97. The number of cyclic esters (lactones) is 1. The monoisotopic (exact) mass is 284 g/mol. The van der Waals surface area contributed by atoms with Crippen molar-refractivity contribution in [2.45, 2.75) is 19.4 Å². The van der Waals surface area contributed by atoms with Crippen LogP contribution in [0.4, 0.5) is 0 Å². The number of ether oxygens (including phenoxy) is 1. The van der Waals surface area contributed by atoms with Crippen LogP contribution in [-0.2, 0) is 16.0 Å². The van der Waals surface area contributed by atoms with Crippen LogP contribution in [0.1, 0.15) is 21.5 Å². The average Bonchev–Trinajstić information content (AvgIpc) is 2.22. The molecule has 1 aromatic carbocycles. The van der Waals surface area contributed by atoms with E-state index in [9.17, 15) is 9.59 Å². The van der Waals surface area contributed by atoms with Gasteiger partial charge in [0.15, 0.2) is 0 Å². The number of carboxylic acids is 1. The van der Waals surface area contributed by atoms with Gasteiger partial charge >= 0.3 is 11.9 Å². The number of carboxylic acid groups (broad SMARTS) is 1. The summed E-state index contributed by atoms with van der Waals surface area (Å²) < 4.78 is 5.52. The summed E-state index contributed by atoms with van der Waals surface area (Å²) >= 11 is 3.32. The molecule has 1 aliphatic heterocycles. The molecule has 0 fully saturated rings.